The summed E-state index contributed by atoms with van der Waals surface area (Å²) in [6, 6.07) is 24.3. The predicted octanol–water partition coefficient (Wildman–Crippen LogP) is 4.96. The first kappa shape index (κ1) is 21.9. The van der Waals surface area contributed by atoms with Crippen molar-refractivity contribution in [1.82, 2.24) is 34.0 Å². The van der Waals surface area contributed by atoms with E-state index in [2.05, 4.69) is 47.4 Å². The number of rotatable bonds is 7. The van der Waals surface area contributed by atoms with E-state index in [0.29, 0.717) is 18.0 Å². The molecule has 3 aromatic heterocycles. The third kappa shape index (κ3) is 4.46. The van der Waals surface area contributed by atoms with Gasteiger partial charge in [-0.25, -0.2) is 9.36 Å². The van der Waals surface area contributed by atoms with Gasteiger partial charge in [0.1, 0.15) is 0 Å². The minimum atomic E-state index is 0.558. The summed E-state index contributed by atoms with van der Waals surface area (Å²) in [6.07, 6.45) is 5.63. The summed E-state index contributed by atoms with van der Waals surface area (Å²) in [6.45, 7) is 1.25. The van der Waals surface area contributed by atoms with Crippen molar-refractivity contribution >= 4 is 12.2 Å². The molecule has 170 valence electrons. The van der Waals surface area contributed by atoms with Crippen molar-refractivity contribution in [2.45, 2.75) is 13.2 Å². The molecule has 0 radical (unpaired) electrons. The normalized spacial score (nSPS) is 11.3. The van der Waals surface area contributed by atoms with E-state index in [0.717, 1.165) is 33.9 Å². The molecule has 0 saturated heterocycles. The number of aromatic nitrogens is 6. The first-order valence-electron chi connectivity index (χ1n) is 11.0. The number of benzene rings is 2. The number of pyridine rings is 1. The summed E-state index contributed by atoms with van der Waals surface area (Å²) in [4.78, 5) is 6.29. The molecule has 0 bridgehead atoms. The monoisotopic (exact) mass is 467 g/mol. The van der Waals surface area contributed by atoms with E-state index in [9.17, 15) is 0 Å². The highest BCUT2D eigenvalue weighted by atomic mass is 32.1. The lowest BCUT2D eigenvalue weighted by Gasteiger charge is -2.16. The summed E-state index contributed by atoms with van der Waals surface area (Å²) in [5.41, 5.74) is 5.21. The molecule has 7 nitrogen and oxygen atoms in total. The lowest BCUT2D eigenvalue weighted by atomic mass is 10.1. The second-order valence-corrected chi connectivity index (χ2v) is 8.57. The van der Waals surface area contributed by atoms with Crippen LogP contribution in [0, 0.1) is 4.77 Å². The summed E-state index contributed by atoms with van der Waals surface area (Å²) in [5, 5.41) is 9.70. The van der Waals surface area contributed by atoms with Crippen LogP contribution in [0.15, 0.2) is 91.4 Å². The van der Waals surface area contributed by atoms with Crippen LogP contribution in [-0.4, -0.2) is 41.1 Å². The molecule has 0 aliphatic heterocycles. The van der Waals surface area contributed by atoms with Gasteiger partial charge in [-0.1, -0.05) is 48.5 Å². The van der Waals surface area contributed by atoms with E-state index in [4.69, 9.17) is 22.4 Å². The lowest BCUT2D eigenvalue weighted by Crippen LogP contribution is -2.22. The highest BCUT2D eigenvalue weighted by Crippen LogP contribution is 2.25. The van der Waals surface area contributed by atoms with E-state index >= 15 is 0 Å². The van der Waals surface area contributed by atoms with Crippen LogP contribution in [0.1, 0.15) is 5.56 Å². The molecule has 2 aromatic carbocycles. The Morgan fingerprint density at radius 2 is 1.53 bits per heavy atom. The quantitative estimate of drug-likeness (QED) is 0.317. The Morgan fingerprint density at radius 3 is 2.24 bits per heavy atom. The van der Waals surface area contributed by atoms with E-state index in [1.165, 1.54) is 0 Å². The van der Waals surface area contributed by atoms with Crippen LogP contribution in [-0.2, 0) is 20.3 Å². The van der Waals surface area contributed by atoms with Gasteiger partial charge in [-0.2, -0.15) is 10.2 Å². The molecule has 5 aromatic rings. The number of hydrogen-bond donors (Lipinski definition) is 0. The second-order valence-electron chi connectivity index (χ2n) is 8.21. The van der Waals surface area contributed by atoms with Crippen molar-refractivity contribution in [3.63, 3.8) is 0 Å². The molecule has 0 saturated carbocycles. The SMILES string of the molecule is CN(Cc1cn(-c2ccccc2)nc1-c1ccccc1)Cn1nc(-c2ccncc2)n(C)c1=S. The van der Waals surface area contributed by atoms with Crippen LogP contribution >= 0.6 is 12.2 Å². The standard InChI is InChI=1S/C26H25N7S/c1-30(19-33-26(34)31(2)25(29-33)21-13-15-27-16-14-21)17-22-18-32(23-11-7-4-8-12-23)28-24(22)20-9-5-3-6-10-20/h3-16,18H,17,19H2,1-2H3. The fourth-order valence-electron chi connectivity index (χ4n) is 3.98. The van der Waals surface area contributed by atoms with Gasteiger partial charge >= 0.3 is 0 Å². The Kier molecular flexibility index (Phi) is 6.16. The van der Waals surface area contributed by atoms with Gasteiger partial charge in [-0.05, 0) is 43.5 Å². The van der Waals surface area contributed by atoms with Crippen LogP contribution in [0.25, 0.3) is 28.3 Å². The van der Waals surface area contributed by atoms with Gasteiger partial charge < -0.3 is 4.57 Å². The van der Waals surface area contributed by atoms with Crippen LogP contribution in [0.4, 0.5) is 0 Å². The average Bonchev–Trinajstić information content (AvgIpc) is 3.42. The zero-order valence-corrected chi connectivity index (χ0v) is 19.9. The first-order valence-corrected chi connectivity index (χ1v) is 11.4. The highest BCUT2D eigenvalue weighted by Gasteiger charge is 2.16. The maximum absolute atomic E-state index is 5.67. The van der Waals surface area contributed by atoms with Crippen molar-refractivity contribution in [3.05, 3.63) is 102 Å². The molecule has 0 N–H and O–H groups in total. The molecule has 0 amide bonds. The van der Waals surface area contributed by atoms with Gasteiger partial charge in [-0.15, -0.1) is 0 Å². The van der Waals surface area contributed by atoms with Gasteiger partial charge in [0.05, 0.1) is 18.1 Å². The van der Waals surface area contributed by atoms with Gasteiger partial charge in [0.25, 0.3) is 0 Å². The fraction of sp³-hybridized carbons (Fsp3) is 0.154. The Morgan fingerprint density at radius 1 is 0.853 bits per heavy atom. The van der Waals surface area contributed by atoms with Gasteiger partial charge in [0.15, 0.2) is 10.6 Å². The average molecular weight is 468 g/mol. The third-order valence-electron chi connectivity index (χ3n) is 5.65. The van der Waals surface area contributed by atoms with E-state index in [1.807, 2.05) is 69.5 Å². The van der Waals surface area contributed by atoms with Crippen LogP contribution in [0.2, 0.25) is 0 Å². The maximum atomic E-state index is 5.67. The smallest absolute Gasteiger partial charge is 0.199 e. The minimum Gasteiger partial charge on any atom is -0.303 e. The predicted molar refractivity (Wildman–Crippen MR) is 136 cm³/mol. The van der Waals surface area contributed by atoms with Gasteiger partial charge in [0, 0.05) is 48.9 Å². The van der Waals surface area contributed by atoms with Crippen molar-refractivity contribution in [2.24, 2.45) is 7.05 Å². The zero-order valence-electron chi connectivity index (χ0n) is 19.1. The summed E-state index contributed by atoms with van der Waals surface area (Å²) in [5.74, 6) is 0.822. The minimum absolute atomic E-state index is 0.558. The molecule has 3 heterocycles. The number of hydrogen-bond acceptors (Lipinski definition) is 5. The van der Waals surface area contributed by atoms with Crippen LogP contribution in [0.5, 0.6) is 0 Å². The molecular weight excluding hydrogens is 442 g/mol. The van der Waals surface area contributed by atoms with Crippen molar-refractivity contribution in [3.8, 4) is 28.3 Å². The van der Waals surface area contributed by atoms with Crippen LogP contribution in [0.3, 0.4) is 0 Å². The van der Waals surface area contributed by atoms with E-state index in [1.54, 1.807) is 12.4 Å². The Labute approximate surface area is 203 Å². The van der Waals surface area contributed by atoms with Crippen molar-refractivity contribution < 1.29 is 0 Å². The van der Waals surface area contributed by atoms with E-state index < -0.39 is 0 Å². The summed E-state index contributed by atoms with van der Waals surface area (Å²) >= 11 is 5.67. The molecule has 0 aliphatic carbocycles. The van der Waals surface area contributed by atoms with Gasteiger partial charge in [0.2, 0.25) is 0 Å². The molecule has 0 fully saturated rings. The molecular formula is C26H25N7S. The molecule has 0 atom stereocenters. The Balaban J connectivity index is 1.43. The van der Waals surface area contributed by atoms with Crippen molar-refractivity contribution in [2.75, 3.05) is 7.05 Å². The zero-order chi connectivity index (χ0) is 23.5. The molecule has 34 heavy (non-hydrogen) atoms. The van der Waals surface area contributed by atoms with Crippen molar-refractivity contribution in [1.29, 1.82) is 0 Å². The Bertz CT molecular complexity index is 1440. The number of para-hydroxylation sites is 1. The molecule has 8 heteroatoms. The van der Waals surface area contributed by atoms with Gasteiger partial charge in [-0.3, -0.25) is 9.88 Å². The van der Waals surface area contributed by atoms with Crippen LogP contribution < -0.4 is 0 Å². The van der Waals surface area contributed by atoms with E-state index in [-0.39, 0.29) is 0 Å². The molecule has 0 aliphatic rings. The Hall–Kier alpha value is -3.88. The maximum Gasteiger partial charge on any atom is 0.199 e. The molecule has 0 spiro atoms. The molecule has 5 rings (SSSR count). The summed E-state index contributed by atoms with van der Waals surface area (Å²) in [7, 11) is 4.01. The largest absolute Gasteiger partial charge is 0.303 e. The number of nitrogens with zero attached hydrogens (tertiary/aromatic N) is 7. The second kappa shape index (κ2) is 9.54. The fourth-order valence-corrected chi connectivity index (χ4v) is 4.16. The third-order valence-corrected chi connectivity index (χ3v) is 6.14. The highest BCUT2D eigenvalue weighted by molar-refractivity contribution is 7.71. The topological polar surface area (TPSA) is 56.7 Å². The first-order chi connectivity index (χ1) is 16.6. The lowest BCUT2D eigenvalue weighted by molar-refractivity contribution is 0.244. The molecule has 0 unspecified atom stereocenters. The summed E-state index contributed by atoms with van der Waals surface area (Å²) < 4.78 is 6.40.